The minimum absolute atomic E-state index is 0.0982. The van der Waals surface area contributed by atoms with Crippen LogP contribution in [0.15, 0.2) is 36.4 Å². The van der Waals surface area contributed by atoms with E-state index in [1.165, 1.54) is 6.07 Å². The van der Waals surface area contributed by atoms with Crippen molar-refractivity contribution in [1.82, 2.24) is 15.1 Å². The molecule has 2 unspecified atom stereocenters. The van der Waals surface area contributed by atoms with Gasteiger partial charge >= 0.3 is 0 Å². The molecule has 0 bridgehead atoms. The van der Waals surface area contributed by atoms with Gasteiger partial charge in [-0.05, 0) is 50.9 Å². The SMILES string of the molecule is Cc1cc(Cl)cc(O)c1-c1nnc(NC2CCCN(C(C)CO)C2)c2ccccc12. The summed E-state index contributed by atoms with van der Waals surface area (Å²) in [6, 6.07) is 11.7. The Bertz CT molecular complexity index is 1040. The number of aryl methyl sites for hydroxylation is 1. The Labute approximate surface area is 181 Å². The molecule has 7 heteroatoms. The number of likely N-dealkylation sites (tertiary alicyclic amines) is 1. The van der Waals surface area contributed by atoms with Gasteiger partial charge in [0.15, 0.2) is 5.82 Å². The van der Waals surface area contributed by atoms with E-state index in [1.807, 2.05) is 44.2 Å². The van der Waals surface area contributed by atoms with Crippen molar-refractivity contribution in [2.45, 2.75) is 38.8 Å². The van der Waals surface area contributed by atoms with Crippen LogP contribution in [0, 0.1) is 6.92 Å². The summed E-state index contributed by atoms with van der Waals surface area (Å²) in [5.41, 5.74) is 2.14. The highest BCUT2D eigenvalue weighted by molar-refractivity contribution is 6.31. The van der Waals surface area contributed by atoms with Crippen LogP contribution in [0.2, 0.25) is 5.02 Å². The van der Waals surface area contributed by atoms with Gasteiger partial charge < -0.3 is 15.5 Å². The van der Waals surface area contributed by atoms with Gasteiger partial charge in [-0.3, -0.25) is 4.90 Å². The Balaban J connectivity index is 1.70. The molecule has 1 fully saturated rings. The molecule has 6 nitrogen and oxygen atoms in total. The minimum atomic E-state index is 0.0982. The van der Waals surface area contributed by atoms with Gasteiger partial charge in [-0.1, -0.05) is 35.9 Å². The molecule has 3 N–H and O–H groups in total. The van der Waals surface area contributed by atoms with Gasteiger partial charge in [-0.2, -0.15) is 0 Å². The third kappa shape index (κ3) is 4.08. The Hall–Kier alpha value is -2.41. The molecule has 0 aliphatic carbocycles. The van der Waals surface area contributed by atoms with Gasteiger partial charge in [0, 0.05) is 40.0 Å². The van der Waals surface area contributed by atoms with Gasteiger partial charge in [0.25, 0.3) is 0 Å². The molecular weight excluding hydrogens is 400 g/mol. The van der Waals surface area contributed by atoms with Crippen LogP contribution in [0.1, 0.15) is 25.3 Å². The molecular formula is C23H27ClN4O2. The molecule has 158 valence electrons. The average molecular weight is 427 g/mol. The number of aromatic hydroxyl groups is 1. The second-order valence-electron chi connectivity index (χ2n) is 8.07. The zero-order valence-electron chi connectivity index (χ0n) is 17.3. The maximum Gasteiger partial charge on any atom is 0.156 e. The number of aromatic nitrogens is 2. The first-order valence-electron chi connectivity index (χ1n) is 10.3. The third-order valence-electron chi connectivity index (χ3n) is 5.88. The number of fused-ring (bicyclic) bond motifs is 1. The monoisotopic (exact) mass is 426 g/mol. The quantitative estimate of drug-likeness (QED) is 0.566. The van der Waals surface area contributed by atoms with Crippen molar-refractivity contribution in [2.24, 2.45) is 0 Å². The van der Waals surface area contributed by atoms with Gasteiger partial charge in [0.1, 0.15) is 11.4 Å². The van der Waals surface area contributed by atoms with Crippen molar-refractivity contribution in [2.75, 3.05) is 25.0 Å². The maximum absolute atomic E-state index is 10.5. The number of aliphatic hydroxyl groups excluding tert-OH is 1. The number of nitrogens with zero attached hydrogens (tertiary/aromatic N) is 3. The van der Waals surface area contributed by atoms with Crippen molar-refractivity contribution < 1.29 is 10.2 Å². The van der Waals surface area contributed by atoms with E-state index >= 15 is 0 Å². The smallest absolute Gasteiger partial charge is 0.156 e. The highest BCUT2D eigenvalue weighted by Gasteiger charge is 2.24. The number of aliphatic hydroxyl groups is 1. The van der Waals surface area contributed by atoms with Crippen molar-refractivity contribution in [1.29, 1.82) is 0 Å². The normalized spacial score (nSPS) is 18.5. The molecule has 4 rings (SSSR count). The van der Waals surface area contributed by atoms with Crippen molar-refractivity contribution in [3.63, 3.8) is 0 Å². The van der Waals surface area contributed by atoms with E-state index < -0.39 is 0 Å². The zero-order valence-corrected chi connectivity index (χ0v) is 18.0. The number of rotatable bonds is 5. The molecule has 1 aliphatic rings. The van der Waals surface area contributed by atoms with E-state index in [2.05, 4.69) is 20.4 Å². The van der Waals surface area contributed by atoms with Crippen LogP contribution in [-0.4, -0.2) is 57.1 Å². The standard InChI is InChI=1S/C23H27ClN4O2/c1-14-10-16(24)11-20(30)21(14)22-18-7-3-4-8-19(18)23(27-26-22)25-17-6-5-9-28(12-17)15(2)13-29/h3-4,7-8,10-11,15,17,29-30H,5-6,9,12-13H2,1-2H3,(H,25,27). The fraction of sp³-hybridized carbons (Fsp3) is 0.391. The second kappa shape index (κ2) is 8.76. The number of phenols is 1. The summed E-state index contributed by atoms with van der Waals surface area (Å²) >= 11 is 6.08. The predicted octanol–water partition coefficient (Wildman–Crippen LogP) is 4.22. The summed E-state index contributed by atoms with van der Waals surface area (Å²) in [4.78, 5) is 2.31. The molecule has 30 heavy (non-hydrogen) atoms. The molecule has 2 aromatic carbocycles. The van der Waals surface area contributed by atoms with Gasteiger partial charge in [0.05, 0.1) is 6.61 Å². The first-order chi connectivity index (χ1) is 14.5. The van der Waals surface area contributed by atoms with Crippen LogP contribution in [0.3, 0.4) is 0 Å². The van der Waals surface area contributed by atoms with E-state index in [1.54, 1.807) is 0 Å². The van der Waals surface area contributed by atoms with Crippen LogP contribution in [0.25, 0.3) is 22.0 Å². The molecule has 0 saturated carbocycles. The number of hydrogen-bond donors (Lipinski definition) is 3. The number of phenolic OH excluding ortho intramolecular Hbond substituents is 1. The second-order valence-corrected chi connectivity index (χ2v) is 8.51. The molecule has 1 saturated heterocycles. The van der Waals surface area contributed by atoms with Gasteiger partial charge in [-0.25, -0.2) is 0 Å². The van der Waals surface area contributed by atoms with Crippen molar-refractivity contribution >= 4 is 28.2 Å². The molecule has 2 atom stereocenters. The van der Waals surface area contributed by atoms with Crippen LogP contribution in [0.4, 0.5) is 5.82 Å². The van der Waals surface area contributed by atoms with E-state index in [9.17, 15) is 10.2 Å². The molecule has 3 aromatic rings. The Morgan fingerprint density at radius 3 is 2.73 bits per heavy atom. The summed E-state index contributed by atoms with van der Waals surface area (Å²) in [6.45, 7) is 5.97. The summed E-state index contributed by atoms with van der Waals surface area (Å²) in [5.74, 6) is 0.838. The molecule has 1 aromatic heterocycles. The number of benzene rings is 2. The van der Waals surface area contributed by atoms with Gasteiger partial charge in [0.2, 0.25) is 0 Å². The zero-order chi connectivity index (χ0) is 21.3. The topological polar surface area (TPSA) is 81.5 Å². The number of piperidine rings is 1. The van der Waals surface area contributed by atoms with Gasteiger partial charge in [-0.15, -0.1) is 10.2 Å². The van der Waals surface area contributed by atoms with E-state index in [4.69, 9.17) is 11.6 Å². The van der Waals surface area contributed by atoms with Crippen molar-refractivity contribution in [3.8, 4) is 17.0 Å². The number of hydrogen-bond acceptors (Lipinski definition) is 6. The lowest BCUT2D eigenvalue weighted by Gasteiger charge is -2.36. The van der Waals surface area contributed by atoms with Crippen molar-refractivity contribution in [3.05, 3.63) is 47.0 Å². The fourth-order valence-corrected chi connectivity index (χ4v) is 4.53. The summed E-state index contributed by atoms with van der Waals surface area (Å²) in [7, 11) is 0. The number of anilines is 1. The lowest BCUT2D eigenvalue weighted by molar-refractivity contribution is 0.110. The number of halogens is 1. The predicted molar refractivity (Wildman–Crippen MR) is 121 cm³/mol. The Kier molecular flexibility index (Phi) is 6.09. The summed E-state index contributed by atoms with van der Waals surface area (Å²) in [6.07, 6.45) is 2.12. The van der Waals surface area contributed by atoms with Crippen LogP contribution < -0.4 is 5.32 Å². The van der Waals surface area contributed by atoms with Crippen LogP contribution in [0.5, 0.6) is 5.75 Å². The van der Waals surface area contributed by atoms with Crippen LogP contribution >= 0.6 is 11.6 Å². The average Bonchev–Trinajstić information content (AvgIpc) is 2.74. The molecule has 0 radical (unpaired) electrons. The summed E-state index contributed by atoms with van der Waals surface area (Å²) in [5, 5.41) is 35.0. The molecule has 0 spiro atoms. The Morgan fingerprint density at radius 1 is 1.23 bits per heavy atom. The number of nitrogens with one attached hydrogen (secondary N) is 1. The third-order valence-corrected chi connectivity index (χ3v) is 6.10. The summed E-state index contributed by atoms with van der Waals surface area (Å²) < 4.78 is 0. The highest BCUT2D eigenvalue weighted by atomic mass is 35.5. The highest BCUT2D eigenvalue weighted by Crippen LogP contribution is 2.38. The largest absolute Gasteiger partial charge is 0.507 e. The van der Waals surface area contributed by atoms with E-state index in [0.717, 1.165) is 48.1 Å². The Morgan fingerprint density at radius 2 is 2.00 bits per heavy atom. The van der Waals surface area contributed by atoms with E-state index in [-0.39, 0.29) is 24.4 Å². The van der Waals surface area contributed by atoms with E-state index in [0.29, 0.717) is 16.3 Å². The minimum Gasteiger partial charge on any atom is -0.507 e. The fourth-order valence-electron chi connectivity index (χ4n) is 4.26. The molecule has 0 amide bonds. The lowest BCUT2D eigenvalue weighted by atomic mass is 9.99. The maximum atomic E-state index is 10.5. The van der Waals surface area contributed by atoms with Crippen LogP contribution in [-0.2, 0) is 0 Å². The first-order valence-corrected chi connectivity index (χ1v) is 10.7. The molecule has 2 heterocycles. The lowest BCUT2D eigenvalue weighted by Crippen LogP contribution is -2.47. The molecule has 1 aliphatic heterocycles. The first kappa shape index (κ1) is 20.8.